The van der Waals surface area contributed by atoms with Gasteiger partial charge in [0.25, 0.3) is 17.1 Å². The second-order valence-corrected chi connectivity index (χ2v) is 7.50. The van der Waals surface area contributed by atoms with Gasteiger partial charge >= 0.3 is 0 Å². The average Bonchev–Trinajstić information content (AvgIpc) is 3.60. The first-order chi connectivity index (χ1) is 16.8. The Hall–Kier alpha value is -4.73. The summed E-state index contributed by atoms with van der Waals surface area (Å²) < 4.78 is 0. The third kappa shape index (κ3) is 5.02. The van der Waals surface area contributed by atoms with E-state index in [1.807, 2.05) is 12.1 Å². The van der Waals surface area contributed by atoms with Crippen molar-refractivity contribution in [2.45, 2.75) is 0 Å². The van der Waals surface area contributed by atoms with Gasteiger partial charge in [0.15, 0.2) is 0 Å². The summed E-state index contributed by atoms with van der Waals surface area (Å²) in [6.07, 6.45) is 2.54. The van der Waals surface area contributed by atoms with E-state index >= 15 is 0 Å². The van der Waals surface area contributed by atoms with E-state index in [-0.39, 0.29) is 28.3 Å². The number of fused-ring (bicyclic) bond motifs is 3. The summed E-state index contributed by atoms with van der Waals surface area (Å²) in [4.78, 5) is 42.0. The molecule has 0 fully saturated rings. The first kappa shape index (κ1) is 25.9. The molecule has 5 rings (SSSR count). The average molecular weight is 525 g/mol. The van der Waals surface area contributed by atoms with Gasteiger partial charge in [-0.25, -0.2) is 0 Å². The van der Waals surface area contributed by atoms with E-state index in [9.17, 15) is 35.1 Å². The molecule has 0 unspecified atom stereocenters. The normalized spacial score (nSPS) is 11.9. The first-order valence-electron chi connectivity index (χ1n) is 10.2. The van der Waals surface area contributed by atoms with Crippen molar-refractivity contribution in [3.05, 3.63) is 131 Å². The Bertz CT molecular complexity index is 1490. The first-order valence-corrected chi connectivity index (χ1v) is 10.2. The maximum absolute atomic E-state index is 11.6. The molecule has 4 aromatic carbocycles. The van der Waals surface area contributed by atoms with Crippen LogP contribution in [-0.2, 0) is 17.1 Å². The largest absolute Gasteiger partial charge is 0.721 e. The number of carbonyl (C=O) groups excluding carboxylic acids is 1. The number of non-ortho nitro benzene ring substituents is 2. The monoisotopic (exact) mass is 525 g/mol. The zero-order valence-corrected chi connectivity index (χ0v) is 19.3. The quantitative estimate of drug-likeness (QED) is 0.0911. The van der Waals surface area contributed by atoms with Gasteiger partial charge in [-0.05, 0) is 22.8 Å². The summed E-state index contributed by atoms with van der Waals surface area (Å²) in [7, 11) is 0. The molecule has 0 radical (unpaired) electrons. The fourth-order valence-electron chi connectivity index (χ4n) is 3.86. The molecule has 0 N–H and O–H groups in total. The van der Waals surface area contributed by atoms with Crippen LogP contribution >= 0.6 is 0 Å². The van der Waals surface area contributed by atoms with E-state index in [1.165, 1.54) is 24.3 Å². The number of rotatable bonds is 5. The van der Waals surface area contributed by atoms with Crippen LogP contribution in [0.25, 0.3) is 22.8 Å². The topological polar surface area (TPSA) is 146 Å². The van der Waals surface area contributed by atoms with E-state index < -0.39 is 26.1 Å². The smallest absolute Gasteiger partial charge is 0.283 e. The fraction of sp³-hybridized carbons (Fsp3) is 0. The van der Waals surface area contributed by atoms with Gasteiger partial charge in [0, 0.05) is 35.3 Å². The SMILES string of the molecule is O=C[c-]1[cH-][cH-][cH-][cH-]1.O=[N+]([O-])c1ccc2c(c1)C(=C[c-]1cccc1)c1cc([N+](=O)[O-])cc([N+](=O)[O-])c1-2.[Fe]. The van der Waals surface area contributed by atoms with Crippen LogP contribution in [0.4, 0.5) is 17.1 Å². The molecule has 0 bridgehead atoms. The predicted octanol–water partition coefficient (Wildman–Crippen LogP) is 5.91. The minimum absolute atomic E-state index is 0. The van der Waals surface area contributed by atoms with Crippen molar-refractivity contribution in [1.29, 1.82) is 0 Å². The molecular formula is C25H15FeN3O7-6. The number of nitrogens with zero attached hydrogens (tertiary/aromatic N) is 3. The summed E-state index contributed by atoms with van der Waals surface area (Å²) >= 11 is 0. The molecule has 10 nitrogen and oxygen atoms in total. The van der Waals surface area contributed by atoms with E-state index in [0.717, 1.165) is 23.5 Å². The zero-order valence-electron chi connectivity index (χ0n) is 18.2. The Morgan fingerprint density at radius 1 is 0.778 bits per heavy atom. The molecule has 1 aliphatic carbocycles. The van der Waals surface area contributed by atoms with Crippen molar-refractivity contribution >= 4 is 35.0 Å². The minimum Gasteiger partial charge on any atom is -0.721 e. The van der Waals surface area contributed by atoms with Crippen molar-refractivity contribution in [2.75, 3.05) is 0 Å². The molecule has 36 heavy (non-hydrogen) atoms. The van der Waals surface area contributed by atoms with Gasteiger partial charge in [-0.1, -0.05) is 5.57 Å². The zero-order chi connectivity index (χ0) is 25.1. The fourth-order valence-corrected chi connectivity index (χ4v) is 3.86. The van der Waals surface area contributed by atoms with Gasteiger partial charge < -0.3 is 34.6 Å². The van der Waals surface area contributed by atoms with Crippen LogP contribution in [0, 0.1) is 30.3 Å². The molecular weight excluding hydrogens is 510 g/mol. The number of benzene rings is 2. The van der Waals surface area contributed by atoms with Gasteiger partial charge in [-0.3, -0.25) is 36.6 Å². The Balaban J connectivity index is 0.000000391. The standard InChI is InChI=1S/C19H10N3O6.C6H5O.Fe/c23-20(24)12-5-6-14-16(8-12)15(7-11-3-1-2-4-11)17-9-13(21(25)26)10-18(19(14)17)22(27)28;7-5-6-3-1-2-4-6;/h1-10H;1-5H;/q-1;-5;. The molecule has 0 aromatic heterocycles. The van der Waals surface area contributed by atoms with Crippen molar-refractivity contribution in [3.63, 3.8) is 0 Å². The predicted molar refractivity (Wildman–Crippen MR) is 128 cm³/mol. The van der Waals surface area contributed by atoms with Gasteiger partial charge in [0.05, 0.1) is 26.4 Å². The number of nitro benzene ring substituents is 3. The molecule has 0 amide bonds. The van der Waals surface area contributed by atoms with Crippen LogP contribution in [0.15, 0.2) is 78.9 Å². The summed E-state index contributed by atoms with van der Waals surface area (Å²) in [5, 5.41) is 34.1. The molecule has 1 aliphatic rings. The minimum atomic E-state index is -0.696. The van der Waals surface area contributed by atoms with E-state index in [1.54, 1.807) is 42.5 Å². The summed E-state index contributed by atoms with van der Waals surface area (Å²) in [5.74, 6) is 0. The van der Waals surface area contributed by atoms with Crippen LogP contribution < -0.4 is 0 Å². The molecule has 4 aromatic rings. The Morgan fingerprint density at radius 3 is 1.92 bits per heavy atom. The van der Waals surface area contributed by atoms with E-state index in [2.05, 4.69) is 0 Å². The summed E-state index contributed by atoms with van der Waals surface area (Å²) in [6, 6.07) is 20.6. The van der Waals surface area contributed by atoms with Crippen molar-refractivity contribution < 1.29 is 36.6 Å². The van der Waals surface area contributed by atoms with Crippen molar-refractivity contribution in [1.82, 2.24) is 0 Å². The second kappa shape index (κ2) is 10.7. The van der Waals surface area contributed by atoms with Gasteiger partial charge in [0.1, 0.15) is 0 Å². The van der Waals surface area contributed by atoms with E-state index in [4.69, 9.17) is 0 Å². The van der Waals surface area contributed by atoms with Crippen LogP contribution in [0.2, 0.25) is 0 Å². The molecule has 0 heterocycles. The Labute approximate surface area is 214 Å². The number of aldehydes is 1. The molecule has 0 aliphatic heterocycles. The molecule has 0 saturated heterocycles. The number of carbonyl (C=O) groups is 1. The maximum atomic E-state index is 11.6. The number of hydrogen-bond acceptors (Lipinski definition) is 7. The van der Waals surface area contributed by atoms with Crippen molar-refractivity contribution in [3.8, 4) is 11.1 Å². The Kier molecular flexibility index (Phi) is 7.68. The van der Waals surface area contributed by atoms with Crippen LogP contribution in [0.5, 0.6) is 0 Å². The third-order valence-electron chi connectivity index (χ3n) is 5.40. The maximum Gasteiger partial charge on any atom is 0.283 e. The molecule has 0 spiro atoms. The molecule has 0 atom stereocenters. The van der Waals surface area contributed by atoms with Crippen LogP contribution in [0.3, 0.4) is 0 Å². The van der Waals surface area contributed by atoms with Crippen molar-refractivity contribution in [2.24, 2.45) is 0 Å². The molecule has 11 heteroatoms. The van der Waals surface area contributed by atoms with Crippen LogP contribution in [0.1, 0.15) is 27.0 Å². The van der Waals surface area contributed by atoms with Crippen LogP contribution in [-0.4, -0.2) is 21.1 Å². The third-order valence-corrected chi connectivity index (χ3v) is 5.40. The van der Waals surface area contributed by atoms with E-state index in [0.29, 0.717) is 22.3 Å². The number of nitro groups is 3. The summed E-state index contributed by atoms with van der Waals surface area (Å²) in [6.45, 7) is 0. The van der Waals surface area contributed by atoms with Gasteiger partial charge in [-0.15, -0.1) is 23.8 Å². The number of hydrogen-bond donors (Lipinski definition) is 0. The van der Waals surface area contributed by atoms with Gasteiger partial charge in [0.2, 0.25) is 0 Å². The molecule has 0 saturated carbocycles. The molecule has 186 valence electrons. The summed E-state index contributed by atoms with van der Waals surface area (Å²) in [5.41, 5.74) is 2.37. The second-order valence-electron chi connectivity index (χ2n) is 7.50. The Morgan fingerprint density at radius 2 is 1.39 bits per heavy atom. The van der Waals surface area contributed by atoms with Gasteiger partial charge in [-0.2, -0.15) is 12.1 Å².